The molecule has 94 valence electrons. The molecule has 0 saturated carbocycles. The minimum atomic E-state index is 1.25. The molecular formula is C14H28N2. The van der Waals surface area contributed by atoms with E-state index in [0.717, 1.165) is 0 Å². The fourth-order valence-corrected chi connectivity index (χ4v) is 1.22. The van der Waals surface area contributed by atoms with Crippen LogP contribution >= 0.6 is 0 Å². The van der Waals surface area contributed by atoms with Gasteiger partial charge in [0.1, 0.15) is 0 Å². The van der Waals surface area contributed by atoms with E-state index in [4.69, 9.17) is 0 Å². The highest BCUT2D eigenvalue weighted by Gasteiger charge is 2.03. The molecule has 0 atom stereocenters. The van der Waals surface area contributed by atoms with Gasteiger partial charge in [0.05, 0.1) is 11.4 Å². The summed E-state index contributed by atoms with van der Waals surface area (Å²) in [6.45, 7) is 8.00. The van der Waals surface area contributed by atoms with Crippen molar-refractivity contribution in [2.24, 2.45) is 0 Å². The second-order valence-electron chi connectivity index (χ2n) is 3.28. The summed E-state index contributed by atoms with van der Waals surface area (Å²) in [6.07, 6.45) is 0. The molecule has 0 amide bonds. The van der Waals surface area contributed by atoms with Crippen molar-refractivity contribution in [3.05, 3.63) is 24.3 Å². The standard InChI is InChI=1S/C10H16N2.2C2H6/c1-11(2)9-7-5-6-8-10(9)12(3)4;2*1-2/h5-8H,1-4H3;2*1-2H3. The Hall–Kier alpha value is -1.18. The Balaban J connectivity index is 0. The van der Waals surface area contributed by atoms with Crippen molar-refractivity contribution in [3.63, 3.8) is 0 Å². The van der Waals surface area contributed by atoms with E-state index in [1.165, 1.54) is 11.4 Å². The highest BCUT2D eigenvalue weighted by molar-refractivity contribution is 5.70. The van der Waals surface area contributed by atoms with Gasteiger partial charge in [-0.2, -0.15) is 0 Å². The first-order valence-corrected chi connectivity index (χ1v) is 6.06. The minimum absolute atomic E-state index is 1.25. The lowest BCUT2D eigenvalue weighted by Gasteiger charge is -2.22. The molecule has 1 rings (SSSR count). The van der Waals surface area contributed by atoms with Gasteiger partial charge in [-0.05, 0) is 12.1 Å². The molecular weight excluding hydrogens is 196 g/mol. The number of anilines is 2. The molecule has 2 heteroatoms. The number of hydrogen-bond donors (Lipinski definition) is 0. The molecule has 0 fully saturated rings. The third-order valence-electron chi connectivity index (χ3n) is 1.85. The fraction of sp³-hybridized carbons (Fsp3) is 0.571. The van der Waals surface area contributed by atoms with E-state index in [1.807, 2.05) is 27.7 Å². The second kappa shape index (κ2) is 10.3. The van der Waals surface area contributed by atoms with Gasteiger partial charge < -0.3 is 9.80 Å². The topological polar surface area (TPSA) is 6.48 Å². The zero-order valence-corrected chi connectivity index (χ0v) is 12.2. The molecule has 1 aromatic rings. The van der Waals surface area contributed by atoms with E-state index in [1.54, 1.807) is 0 Å². The largest absolute Gasteiger partial charge is 0.376 e. The molecule has 0 unspecified atom stereocenters. The second-order valence-corrected chi connectivity index (χ2v) is 3.28. The smallest absolute Gasteiger partial charge is 0.0598 e. The molecule has 0 radical (unpaired) electrons. The zero-order valence-electron chi connectivity index (χ0n) is 12.2. The van der Waals surface area contributed by atoms with Gasteiger partial charge in [-0.1, -0.05) is 39.8 Å². The molecule has 0 aliphatic rings. The van der Waals surface area contributed by atoms with Crippen LogP contribution < -0.4 is 9.80 Å². The Kier molecular flexibility index (Phi) is 11.1. The van der Waals surface area contributed by atoms with Gasteiger partial charge in [-0.3, -0.25) is 0 Å². The summed E-state index contributed by atoms with van der Waals surface area (Å²) in [5.74, 6) is 0. The molecule has 0 heterocycles. The maximum Gasteiger partial charge on any atom is 0.0598 e. The van der Waals surface area contributed by atoms with Gasteiger partial charge in [0.15, 0.2) is 0 Å². The molecule has 16 heavy (non-hydrogen) atoms. The van der Waals surface area contributed by atoms with Gasteiger partial charge in [0.25, 0.3) is 0 Å². The fourth-order valence-electron chi connectivity index (χ4n) is 1.22. The van der Waals surface area contributed by atoms with Crippen LogP contribution in [0.1, 0.15) is 27.7 Å². The summed E-state index contributed by atoms with van der Waals surface area (Å²) in [5, 5.41) is 0. The van der Waals surface area contributed by atoms with E-state index in [2.05, 4.69) is 62.3 Å². The lowest BCUT2D eigenvalue weighted by atomic mass is 10.2. The predicted molar refractivity (Wildman–Crippen MR) is 77.8 cm³/mol. The van der Waals surface area contributed by atoms with Gasteiger partial charge in [0.2, 0.25) is 0 Å². The predicted octanol–water partition coefficient (Wildman–Crippen LogP) is 3.87. The molecule has 0 N–H and O–H groups in total. The highest BCUT2D eigenvalue weighted by Crippen LogP contribution is 2.25. The molecule has 0 saturated heterocycles. The Morgan fingerprint density at radius 3 is 1.06 bits per heavy atom. The summed E-state index contributed by atoms with van der Waals surface area (Å²) < 4.78 is 0. The number of hydrogen-bond acceptors (Lipinski definition) is 2. The molecule has 0 aliphatic heterocycles. The van der Waals surface area contributed by atoms with Crippen LogP contribution in [0.4, 0.5) is 11.4 Å². The van der Waals surface area contributed by atoms with Crippen molar-refractivity contribution >= 4 is 11.4 Å². The van der Waals surface area contributed by atoms with E-state index in [0.29, 0.717) is 0 Å². The van der Waals surface area contributed by atoms with Crippen LogP contribution in [0.25, 0.3) is 0 Å². The normalized spacial score (nSPS) is 8.00. The molecule has 0 spiro atoms. The Labute approximate surface area is 102 Å². The lowest BCUT2D eigenvalue weighted by Crippen LogP contribution is -2.16. The molecule has 1 aromatic carbocycles. The average Bonchev–Trinajstić information content (AvgIpc) is 2.34. The van der Waals surface area contributed by atoms with Crippen LogP contribution in [0, 0.1) is 0 Å². The van der Waals surface area contributed by atoms with Crippen molar-refractivity contribution in [2.75, 3.05) is 38.0 Å². The van der Waals surface area contributed by atoms with Crippen LogP contribution in [0.3, 0.4) is 0 Å². The summed E-state index contributed by atoms with van der Waals surface area (Å²) in [6, 6.07) is 8.36. The first-order chi connectivity index (χ1) is 7.63. The van der Waals surface area contributed by atoms with Gasteiger partial charge in [-0.25, -0.2) is 0 Å². The van der Waals surface area contributed by atoms with Crippen LogP contribution in [-0.4, -0.2) is 28.2 Å². The van der Waals surface area contributed by atoms with Crippen molar-refractivity contribution < 1.29 is 0 Å². The van der Waals surface area contributed by atoms with E-state index in [-0.39, 0.29) is 0 Å². The Morgan fingerprint density at radius 1 is 0.625 bits per heavy atom. The van der Waals surface area contributed by atoms with E-state index in [9.17, 15) is 0 Å². The number of rotatable bonds is 2. The van der Waals surface area contributed by atoms with Crippen LogP contribution in [0.5, 0.6) is 0 Å². The quantitative estimate of drug-likeness (QED) is 0.752. The van der Waals surface area contributed by atoms with E-state index < -0.39 is 0 Å². The third kappa shape index (κ3) is 5.64. The Bertz CT molecular complexity index is 228. The first-order valence-electron chi connectivity index (χ1n) is 6.06. The van der Waals surface area contributed by atoms with Crippen LogP contribution in [0.2, 0.25) is 0 Å². The lowest BCUT2D eigenvalue weighted by molar-refractivity contribution is 1.08. The summed E-state index contributed by atoms with van der Waals surface area (Å²) >= 11 is 0. The average molecular weight is 224 g/mol. The van der Waals surface area contributed by atoms with Gasteiger partial charge >= 0.3 is 0 Å². The molecule has 0 aromatic heterocycles. The third-order valence-corrected chi connectivity index (χ3v) is 1.85. The number of benzene rings is 1. The van der Waals surface area contributed by atoms with Crippen molar-refractivity contribution in [1.29, 1.82) is 0 Å². The van der Waals surface area contributed by atoms with Crippen molar-refractivity contribution in [2.45, 2.75) is 27.7 Å². The molecule has 0 bridgehead atoms. The molecule has 0 aliphatic carbocycles. The zero-order chi connectivity index (χ0) is 13.1. The van der Waals surface area contributed by atoms with Gasteiger partial charge in [0, 0.05) is 28.2 Å². The Morgan fingerprint density at radius 2 is 0.875 bits per heavy atom. The maximum absolute atomic E-state index is 2.12. The van der Waals surface area contributed by atoms with Crippen LogP contribution in [0.15, 0.2) is 24.3 Å². The van der Waals surface area contributed by atoms with E-state index >= 15 is 0 Å². The van der Waals surface area contributed by atoms with Crippen molar-refractivity contribution in [1.82, 2.24) is 0 Å². The summed E-state index contributed by atoms with van der Waals surface area (Å²) in [5.41, 5.74) is 2.50. The van der Waals surface area contributed by atoms with Crippen molar-refractivity contribution in [3.8, 4) is 0 Å². The van der Waals surface area contributed by atoms with Gasteiger partial charge in [-0.15, -0.1) is 0 Å². The summed E-state index contributed by atoms with van der Waals surface area (Å²) in [7, 11) is 8.23. The number of para-hydroxylation sites is 2. The number of nitrogens with zero attached hydrogens (tertiary/aromatic N) is 2. The minimum Gasteiger partial charge on any atom is -0.376 e. The highest BCUT2D eigenvalue weighted by atomic mass is 15.1. The monoisotopic (exact) mass is 224 g/mol. The molecule has 2 nitrogen and oxygen atoms in total. The SMILES string of the molecule is CC.CC.CN(C)c1ccccc1N(C)C. The first kappa shape index (κ1) is 17.2. The summed E-state index contributed by atoms with van der Waals surface area (Å²) in [4.78, 5) is 4.24. The van der Waals surface area contributed by atoms with Crippen LogP contribution in [-0.2, 0) is 0 Å². The maximum atomic E-state index is 2.12.